The number of thiazole rings is 1. The molecule has 0 spiro atoms. The predicted octanol–water partition coefficient (Wildman–Crippen LogP) is 3.85. The molecule has 1 N–H and O–H groups in total. The molecule has 0 aliphatic heterocycles. The highest BCUT2D eigenvalue weighted by Gasteiger charge is 2.38. The molecule has 1 aliphatic rings. The number of rotatable bonds is 6. The molecule has 2 aromatic heterocycles. The van der Waals surface area contributed by atoms with E-state index in [4.69, 9.17) is 4.74 Å². The highest BCUT2D eigenvalue weighted by molar-refractivity contribution is 7.13. The summed E-state index contributed by atoms with van der Waals surface area (Å²) in [6, 6.07) is 9.87. The monoisotopic (exact) mass is 394 g/mol. The second-order valence-corrected chi connectivity index (χ2v) is 7.84. The minimum absolute atomic E-state index is 0.0936. The molecular weight excluding hydrogens is 372 g/mol. The van der Waals surface area contributed by atoms with Crippen molar-refractivity contribution < 1.29 is 9.53 Å². The molecule has 7 heteroatoms. The van der Waals surface area contributed by atoms with Crippen LogP contribution in [-0.4, -0.2) is 34.5 Å². The smallest absolute Gasteiger partial charge is 0.270 e. The van der Waals surface area contributed by atoms with Crippen LogP contribution in [0.2, 0.25) is 0 Å². The van der Waals surface area contributed by atoms with Gasteiger partial charge in [0, 0.05) is 35.3 Å². The number of amides is 1. The van der Waals surface area contributed by atoms with E-state index < -0.39 is 0 Å². The third kappa shape index (κ3) is 3.62. The van der Waals surface area contributed by atoms with Crippen LogP contribution in [-0.2, 0) is 5.41 Å². The Hall–Kier alpha value is -2.80. The van der Waals surface area contributed by atoms with Crippen LogP contribution in [0.1, 0.15) is 41.7 Å². The van der Waals surface area contributed by atoms with E-state index in [0.717, 1.165) is 31.4 Å². The fourth-order valence-corrected chi connectivity index (χ4v) is 4.65. The molecule has 0 saturated heterocycles. The second kappa shape index (κ2) is 8.06. The molecule has 0 bridgehead atoms. The first-order valence-corrected chi connectivity index (χ1v) is 10.2. The van der Waals surface area contributed by atoms with Gasteiger partial charge in [-0.25, -0.2) is 15.0 Å². The van der Waals surface area contributed by atoms with Crippen LogP contribution in [0.25, 0.3) is 10.8 Å². The summed E-state index contributed by atoms with van der Waals surface area (Å²) in [5.74, 6) is 1.25. The van der Waals surface area contributed by atoms with E-state index in [9.17, 15) is 4.79 Å². The van der Waals surface area contributed by atoms with Crippen LogP contribution < -0.4 is 10.1 Å². The zero-order chi connectivity index (χ0) is 19.4. The van der Waals surface area contributed by atoms with Gasteiger partial charge in [-0.2, -0.15) is 0 Å². The molecule has 3 aromatic rings. The summed E-state index contributed by atoms with van der Waals surface area (Å²) in [6.07, 6.45) is 7.71. The number of para-hydroxylation sites is 1. The third-order valence-electron chi connectivity index (χ3n) is 5.32. The first-order valence-electron chi connectivity index (χ1n) is 9.36. The Kier molecular flexibility index (Phi) is 5.34. The van der Waals surface area contributed by atoms with E-state index in [0.29, 0.717) is 23.1 Å². The van der Waals surface area contributed by atoms with Crippen molar-refractivity contribution in [2.24, 2.45) is 0 Å². The molecular formula is C21H22N4O2S. The SMILES string of the molecule is COc1ccccc1C1(CNC(=O)c2csc(-c3ncccn3)n2)CCCC1. The minimum Gasteiger partial charge on any atom is -0.496 e. The summed E-state index contributed by atoms with van der Waals surface area (Å²) in [5, 5.41) is 5.51. The molecule has 28 heavy (non-hydrogen) atoms. The minimum atomic E-state index is -0.167. The molecule has 1 fully saturated rings. The maximum Gasteiger partial charge on any atom is 0.270 e. The van der Waals surface area contributed by atoms with Crippen molar-refractivity contribution in [1.82, 2.24) is 20.3 Å². The maximum atomic E-state index is 12.7. The number of nitrogens with zero attached hydrogens (tertiary/aromatic N) is 3. The standard InChI is InChI=1S/C21H22N4O2S/c1-27-17-8-3-2-7-15(17)21(9-4-5-10-21)14-24-19(26)16-13-28-20(25-16)18-22-11-6-12-23-18/h2-3,6-8,11-13H,4-5,9-10,14H2,1H3,(H,24,26). The first-order chi connectivity index (χ1) is 13.7. The highest BCUT2D eigenvalue weighted by atomic mass is 32.1. The van der Waals surface area contributed by atoms with Crippen molar-refractivity contribution in [2.45, 2.75) is 31.1 Å². The molecule has 2 heterocycles. The Bertz CT molecular complexity index is 952. The maximum absolute atomic E-state index is 12.7. The topological polar surface area (TPSA) is 77.0 Å². The van der Waals surface area contributed by atoms with Gasteiger partial charge in [0.1, 0.15) is 11.4 Å². The second-order valence-electron chi connectivity index (χ2n) is 6.98. The largest absolute Gasteiger partial charge is 0.496 e. The van der Waals surface area contributed by atoms with Crippen molar-refractivity contribution >= 4 is 17.2 Å². The van der Waals surface area contributed by atoms with E-state index >= 15 is 0 Å². The molecule has 0 unspecified atom stereocenters. The van der Waals surface area contributed by atoms with Gasteiger partial charge >= 0.3 is 0 Å². The normalized spacial score (nSPS) is 15.3. The van der Waals surface area contributed by atoms with Gasteiger partial charge < -0.3 is 10.1 Å². The van der Waals surface area contributed by atoms with Gasteiger partial charge in [-0.15, -0.1) is 11.3 Å². The van der Waals surface area contributed by atoms with Gasteiger partial charge in [0.25, 0.3) is 5.91 Å². The van der Waals surface area contributed by atoms with Crippen molar-refractivity contribution in [2.75, 3.05) is 13.7 Å². The number of ether oxygens (including phenoxy) is 1. The number of hydrogen-bond acceptors (Lipinski definition) is 6. The Morgan fingerprint density at radius 1 is 1.18 bits per heavy atom. The van der Waals surface area contributed by atoms with Gasteiger partial charge in [-0.05, 0) is 25.0 Å². The van der Waals surface area contributed by atoms with Crippen LogP contribution in [0.5, 0.6) is 5.75 Å². The zero-order valence-electron chi connectivity index (χ0n) is 15.7. The van der Waals surface area contributed by atoms with Crippen LogP contribution >= 0.6 is 11.3 Å². The molecule has 1 saturated carbocycles. The number of nitrogens with one attached hydrogen (secondary N) is 1. The Morgan fingerprint density at radius 2 is 1.93 bits per heavy atom. The van der Waals surface area contributed by atoms with E-state index in [-0.39, 0.29) is 11.3 Å². The van der Waals surface area contributed by atoms with Crippen molar-refractivity contribution in [3.8, 4) is 16.6 Å². The van der Waals surface area contributed by atoms with Gasteiger partial charge in [0.15, 0.2) is 10.8 Å². The average molecular weight is 395 g/mol. The summed E-state index contributed by atoms with van der Waals surface area (Å²) in [7, 11) is 1.70. The van der Waals surface area contributed by atoms with Gasteiger partial charge in [-0.1, -0.05) is 31.0 Å². The van der Waals surface area contributed by atoms with Crippen LogP contribution in [0.4, 0.5) is 0 Å². The lowest BCUT2D eigenvalue weighted by atomic mass is 9.78. The molecule has 0 atom stereocenters. The molecule has 1 aliphatic carbocycles. The van der Waals surface area contributed by atoms with Gasteiger partial charge in [0.2, 0.25) is 0 Å². The molecule has 1 amide bonds. The summed E-state index contributed by atoms with van der Waals surface area (Å²) in [4.78, 5) is 25.5. The number of benzene rings is 1. The fraction of sp³-hybridized carbons (Fsp3) is 0.333. The lowest BCUT2D eigenvalue weighted by molar-refractivity contribution is 0.0938. The predicted molar refractivity (Wildman–Crippen MR) is 109 cm³/mol. The number of aromatic nitrogens is 3. The van der Waals surface area contributed by atoms with E-state index in [1.54, 1.807) is 30.9 Å². The molecule has 1 aromatic carbocycles. The van der Waals surface area contributed by atoms with Gasteiger partial charge in [-0.3, -0.25) is 4.79 Å². The lowest BCUT2D eigenvalue weighted by Crippen LogP contribution is -2.39. The quantitative estimate of drug-likeness (QED) is 0.687. The van der Waals surface area contributed by atoms with Crippen LogP contribution in [0.15, 0.2) is 48.1 Å². The van der Waals surface area contributed by atoms with E-state index in [1.807, 2.05) is 18.2 Å². The molecule has 144 valence electrons. The first kappa shape index (κ1) is 18.6. The summed E-state index contributed by atoms with van der Waals surface area (Å²) < 4.78 is 5.59. The third-order valence-corrected chi connectivity index (χ3v) is 6.16. The number of carbonyl (C=O) groups excluding carboxylic acids is 1. The van der Waals surface area contributed by atoms with Crippen LogP contribution in [0, 0.1) is 0 Å². The van der Waals surface area contributed by atoms with E-state index in [2.05, 4.69) is 26.3 Å². The number of hydrogen-bond donors (Lipinski definition) is 1. The molecule has 0 radical (unpaired) electrons. The number of carbonyl (C=O) groups is 1. The summed E-state index contributed by atoms with van der Waals surface area (Å²) in [6.45, 7) is 0.570. The van der Waals surface area contributed by atoms with Crippen molar-refractivity contribution in [1.29, 1.82) is 0 Å². The summed E-state index contributed by atoms with van der Waals surface area (Å²) in [5.41, 5.74) is 1.48. The lowest BCUT2D eigenvalue weighted by Gasteiger charge is -2.31. The van der Waals surface area contributed by atoms with Crippen molar-refractivity contribution in [3.05, 3.63) is 59.4 Å². The molecule has 4 rings (SSSR count). The van der Waals surface area contributed by atoms with Gasteiger partial charge in [0.05, 0.1) is 7.11 Å². The Morgan fingerprint density at radius 3 is 2.68 bits per heavy atom. The zero-order valence-corrected chi connectivity index (χ0v) is 16.5. The average Bonchev–Trinajstić information content (AvgIpc) is 3.43. The van der Waals surface area contributed by atoms with E-state index in [1.165, 1.54) is 16.9 Å². The fourth-order valence-electron chi connectivity index (χ4n) is 3.91. The van der Waals surface area contributed by atoms with Crippen molar-refractivity contribution in [3.63, 3.8) is 0 Å². The van der Waals surface area contributed by atoms with Crippen LogP contribution in [0.3, 0.4) is 0 Å². The highest BCUT2D eigenvalue weighted by Crippen LogP contribution is 2.44. The Labute approximate surface area is 168 Å². The molecule has 6 nitrogen and oxygen atoms in total. The Balaban J connectivity index is 1.51. The number of methoxy groups -OCH3 is 1. The summed E-state index contributed by atoms with van der Waals surface area (Å²) >= 11 is 1.37.